The van der Waals surface area contributed by atoms with E-state index < -0.39 is 17.6 Å². The number of hydrogen-bond acceptors (Lipinski definition) is 6. The van der Waals surface area contributed by atoms with Gasteiger partial charge in [-0.2, -0.15) is 0 Å². The molecule has 0 unspecified atom stereocenters. The van der Waals surface area contributed by atoms with Gasteiger partial charge in [0.25, 0.3) is 11.8 Å². The Morgan fingerprint density at radius 2 is 2.06 bits per heavy atom. The lowest BCUT2D eigenvalue weighted by molar-refractivity contribution is -0.120. The molecule has 1 aliphatic rings. The van der Waals surface area contributed by atoms with Crippen LogP contribution in [0.1, 0.15) is 41.0 Å². The molecule has 8 heteroatoms. The second-order valence-electron chi connectivity index (χ2n) is 8.81. The van der Waals surface area contributed by atoms with Gasteiger partial charge < -0.3 is 20.1 Å². The molecule has 0 aliphatic carbocycles. The molecular weight excluding hydrogens is 444 g/mol. The molecule has 0 bridgehead atoms. The van der Waals surface area contributed by atoms with E-state index in [1.54, 1.807) is 63.8 Å². The van der Waals surface area contributed by atoms with Crippen molar-refractivity contribution in [3.63, 3.8) is 0 Å². The third-order valence-corrected chi connectivity index (χ3v) is 5.36. The average molecular weight is 471 g/mol. The second kappa shape index (κ2) is 9.95. The number of anilines is 1. The third kappa shape index (κ3) is 6.02. The fourth-order valence-electron chi connectivity index (χ4n) is 3.58. The summed E-state index contributed by atoms with van der Waals surface area (Å²) in [5.41, 5.74) is 2.17. The zero-order valence-corrected chi connectivity index (χ0v) is 19.8. The summed E-state index contributed by atoms with van der Waals surface area (Å²) in [6.07, 6.45) is 5.67. The van der Waals surface area contributed by atoms with Gasteiger partial charge in [-0.05, 0) is 67.8 Å². The van der Waals surface area contributed by atoms with Crippen molar-refractivity contribution in [2.75, 3.05) is 18.6 Å². The van der Waals surface area contributed by atoms with Gasteiger partial charge in [0.2, 0.25) is 0 Å². The van der Waals surface area contributed by atoms with Crippen LogP contribution in [0.25, 0.3) is 0 Å². The minimum Gasteiger partial charge on any atom is -0.489 e. The standard InChI is InChI=1S/C27H26N4O4/c1-27(2,34)10-8-18-6-7-24-23(15-18)31(3)26(33)22(17-35-24)30-25(32)21-14-19(9-12-29-21)13-20-5-4-11-28-16-20/h4-7,9,11-12,14-16,22,34H,13,17H2,1-3H3,(H,30,32)/t22-/m0/s1. The lowest BCUT2D eigenvalue weighted by atomic mass is 10.1. The maximum absolute atomic E-state index is 13.1. The van der Waals surface area contributed by atoms with Crippen molar-refractivity contribution in [3.05, 3.63) is 83.4 Å². The number of nitrogens with zero attached hydrogens (tertiary/aromatic N) is 3. The average Bonchev–Trinajstić information content (AvgIpc) is 2.95. The van der Waals surface area contributed by atoms with Gasteiger partial charge in [0.1, 0.15) is 29.7 Å². The molecule has 3 aromatic rings. The van der Waals surface area contributed by atoms with Crippen LogP contribution in [0.15, 0.2) is 61.1 Å². The molecule has 4 rings (SSSR count). The zero-order chi connectivity index (χ0) is 25.0. The molecule has 0 spiro atoms. The first-order chi connectivity index (χ1) is 16.7. The van der Waals surface area contributed by atoms with Gasteiger partial charge in [0.05, 0.1) is 5.69 Å². The Kier molecular flexibility index (Phi) is 6.80. The summed E-state index contributed by atoms with van der Waals surface area (Å²) in [5, 5.41) is 12.6. The van der Waals surface area contributed by atoms with E-state index in [2.05, 4.69) is 27.1 Å². The van der Waals surface area contributed by atoms with E-state index in [0.29, 0.717) is 23.4 Å². The fraction of sp³-hybridized carbons (Fsp3) is 0.259. The number of aliphatic hydroxyl groups is 1. The molecule has 2 N–H and O–H groups in total. The van der Waals surface area contributed by atoms with Gasteiger partial charge in [-0.25, -0.2) is 0 Å². The number of aromatic nitrogens is 2. The zero-order valence-electron chi connectivity index (χ0n) is 19.8. The summed E-state index contributed by atoms with van der Waals surface area (Å²) in [6, 6.07) is 11.7. The van der Waals surface area contributed by atoms with Gasteiger partial charge >= 0.3 is 0 Å². The number of carbonyl (C=O) groups is 2. The van der Waals surface area contributed by atoms with Crippen LogP contribution in [-0.2, 0) is 11.2 Å². The van der Waals surface area contributed by atoms with Crippen molar-refractivity contribution in [2.24, 2.45) is 0 Å². The number of nitrogens with one attached hydrogen (secondary N) is 1. The molecule has 1 aromatic carbocycles. The smallest absolute Gasteiger partial charge is 0.270 e. The van der Waals surface area contributed by atoms with E-state index in [1.807, 2.05) is 18.2 Å². The predicted molar refractivity (Wildman–Crippen MR) is 131 cm³/mol. The number of carbonyl (C=O) groups excluding carboxylic acids is 2. The highest BCUT2D eigenvalue weighted by atomic mass is 16.5. The molecule has 0 saturated carbocycles. The Labute approximate surface area is 204 Å². The Balaban J connectivity index is 1.48. The lowest BCUT2D eigenvalue weighted by Crippen LogP contribution is -2.49. The number of pyridine rings is 2. The molecule has 3 heterocycles. The minimum atomic E-state index is -1.14. The summed E-state index contributed by atoms with van der Waals surface area (Å²) in [6.45, 7) is 3.17. The van der Waals surface area contributed by atoms with Crippen molar-refractivity contribution in [2.45, 2.75) is 31.9 Å². The number of amides is 2. The van der Waals surface area contributed by atoms with Gasteiger partial charge in [0, 0.05) is 31.2 Å². The summed E-state index contributed by atoms with van der Waals surface area (Å²) in [4.78, 5) is 35.8. The second-order valence-corrected chi connectivity index (χ2v) is 8.81. The molecule has 35 heavy (non-hydrogen) atoms. The Morgan fingerprint density at radius 3 is 2.80 bits per heavy atom. The highest BCUT2D eigenvalue weighted by Crippen LogP contribution is 2.31. The lowest BCUT2D eigenvalue weighted by Gasteiger charge is -2.20. The summed E-state index contributed by atoms with van der Waals surface area (Å²) >= 11 is 0. The van der Waals surface area contributed by atoms with Crippen LogP contribution in [0.2, 0.25) is 0 Å². The van der Waals surface area contributed by atoms with Gasteiger partial charge in [-0.15, -0.1) is 0 Å². The molecule has 178 valence electrons. The van der Waals surface area contributed by atoms with Gasteiger partial charge in [-0.1, -0.05) is 17.9 Å². The monoisotopic (exact) mass is 470 g/mol. The Bertz CT molecular complexity index is 1310. The molecular formula is C27H26N4O4. The molecule has 0 radical (unpaired) electrons. The summed E-state index contributed by atoms with van der Waals surface area (Å²) in [7, 11) is 1.62. The van der Waals surface area contributed by atoms with Crippen LogP contribution in [0.4, 0.5) is 5.69 Å². The van der Waals surface area contributed by atoms with E-state index in [1.165, 1.54) is 4.90 Å². The first-order valence-electron chi connectivity index (χ1n) is 11.1. The molecule has 2 amide bonds. The molecule has 0 saturated heterocycles. The normalized spacial score (nSPS) is 15.3. The number of hydrogen-bond donors (Lipinski definition) is 2. The SMILES string of the molecule is CN1C(=O)[C@@H](NC(=O)c2cc(Cc3cccnc3)ccn2)COc2ccc(C#CC(C)(C)O)cc21. The predicted octanol–water partition coefficient (Wildman–Crippen LogP) is 2.34. The van der Waals surface area contributed by atoms with Crippen molar-refractivity contribution in [1.82, 2.24) is 15.3 Å². The Morgan fingerprint density at radius 1 is 1.23 bits per heavy atom. The highest BCUT2D eigenvalue weighted by molar-refractivity contribution is 6.03. The van der Waals surface area contributed by atoms with E-state index in [4.69, 9.17) is 4.74 Å². The molecule has 0 fully saturated rings. The number of fused-ring (bicyclic) bond motifs is 1. The van der Waals surface area contributed by atoms with Crippen molar-refractivity contribution in [1.29, 1.82) is 0 Å². The van der Waals surface area contributed by atoms with E-state index in [9.17, 15) is 14.7 Å². The van der Waals surface area contributed by atoms with Crippen LogP contribution in [0.5, 0.6) is 5.75 Å². The quantitative estimate of drug-likeness (QED) is 0.568. The third-order valence-electron chi connectivity index (χ3n) is 5.36. The first-order valence-corrected chi connectivity index (χ1v) is 11.1. The number of ether oxygens (including phenoxy) is 1. The van der Waals surface area contributed by atoms with Crippen LogP contribution >= 0.6 is 0 Å². The fourth-order valence-corrected chi connectivity index (χ4v) is 3.58. The van der Waals surface area contributed by atoms with Crippen molar-refractivity contribution >= 4 is 17.5 Å². The van der Waals surface area contributed by atoms with Crippen molar-refractivity contribution < 1.29 is 19.4 Å². The highest BCUT2D eigenvalue weighted by Gasteiger charge is 2.31. The van der Waals surface area contributed by atoms with Crippen LogP contribution in [0, 0.1) is 11.8 Å². The Hall–Kier alpha value is -4.22. The van der Waals surface area contributed by atoms with Crippen LogP contribution in [0.3, 0.4) is 0 Å². The largest absolute Gasteiger partial charge is 0.489 e. The van der Waals surface area contributed by atoms with Crippen molar-refractivity contribution in [3.8, 4) is 17.6 Å². The minimum absolute atomic E-state index is 0.0218. The number of rotatable bonds is 4. The molecule has 8 nitrogen and oxygen atoms in total. The van der Waals surface area contributed by atoms with Gasteiger partial charge in [-0.3, -0.25) is 19.6 Å². The molecule has 1 aliphatic heterocycles. The number of benzene rings is 1. The molecule has 1 atom stereocenters. The summed E-state index contributed by atoms with van der Waals surface area (Å²) in [5.74, 6) is 5.37. The van der Waals surface area contributed by atoms with Gasteiger partial charge in [0.15, 0.2) is 0 Å². The number of likely N-dealkylation sites (N-methyl/N-ethyl adjacent to an activating group) is 1. The van der Waals surface area contributed by atoms with Crippen LogP contribution < -0.4 is 15.0 Å². The molecule has 2 aromatic heterocycles. The first kappa shape index (κ1) is 23.9. The van der Waals surface area contributed by atoms with E-state index >= 15 is 0 Å². The maximum Gasteiger partial charge on any atom is 0.270 e. The maximum atomic E-state index is 13.1. The summed E-state index contributed by atoms with van der Waals surface area (Å²) < 4.78 is 5.84. The van der Waals surface area contributed by atoms with E-state index in [0.717, 1.165) is 11.1 Å². The topological polar surface area (TPSA) is 105 Å². The van der Waals surface area contributed by atoms with Crippen LogP contribution in [-0.4, -0.2) is 52.2 Å². The van der Waals surface area contributed by atoms with E-state index in [-0.39, 0.29) is 18.2 Å².